The molecule has 0 fully saturated rings. The molecule has 0 aliphatic heterocycles. The molecule has 0 bridgehead atoms. The molecule has 0 N–H and O–H groups in total. The van der Waals surface area contributed by atoms with Gasteiger partial charge in [-0.05, 0) is 92.0 Å². The average molecular weight is 737 g/mol. The molecule has 0 saturated carbocycles. The number of hydrogen-bond donors (Lipinski definition) is 0. The van der Waals surface area contributed by atoms with Crippen molar-refractivity contribution in [1.82, 2.24) is 19.9 Å². The summed E-state index contributed by atoms with van der Waals surface area (Å²) in [4.78, 5) is 20.5. The van der Waals surface area contributed by atoms with E-state index < -0.39 is 0 Å². The normalized spacial score (nSPS) is 11.8. The molecular weight excluding hydrogens is 705 g/mol. The second-order valence-corrected chi connectivity index (χ2v) is 15.0. The van der Waals surface area contributed by atoms with Crippen LogP contribution in [0.2, 0.25) is 0 Å². The second-order valence-electron chi connectivity index (χ2n) is 15.0. The first-order valence-electron chi connectivity index (χ1n) is 19.6. The quantitative estimate of drug-likeness (QED) is 0.133. The molecular formula is C54H32N4. The Kier molecular flexibility index (Phi) is 7.20. The number of hydrogen-bond acceptors (Lipinski definition) is 4. The van der Waals surface area contributed by atoms with Crippen molar-refractivity contribution < 1.29 is 0 Å². The van der Waals surface area contributed by atoms with Crippen molar-refractivity contribution in [3.05, 3.63) is 194 Å². The van der Waals surface area contributed by atoms with Crippen molar-refractivity contribution in [3.8, 4) is 44.9 Å². The monoisotopic (exact) mass is 736 g/mol. The molecule has 0 atom stereocenters. The largest absolute Gasteiger partial charge is 0.254 e. The van der Waals surface area contributed by atoms with Crippen LogP contribution in [0.5, 0.6) is 0 Å². The lowest BCUT2D eigenvalue weighted by Crippen LogP contribution is -1.95. The van der Waals surface area contributed by atoms with E-state index in [-0.39, 0.29) is 0 Å². The Labute approximate surface area is 333 Å². The lowest BCUT2D eigenvalue weighted by atomic mass is 9.88. The van der Waals surface area contributed by atoms with Crippen molar-refractivity contribution in [3.63, 3.8) is 0 Å². The van der Waals surface area contributed by atoms with Gasteiger partial charge in [-0.25, -0.2) is 15.0 Å². The number of pyridine rings is 4. The lowest BCUT2D eigenvalue weighted by molar-refractivity contribution is 1.38. The zero-order valence-corrected chi connectivity index (χ0v) is 31.3. The predicted molar refractivity (Wildman–Crippen MR) is 242 cm³/mol. The summed E-state index contributed by atoms with van der Waals surface area (Å²) < 4.78 is 0. The maximum Gasteiger partial charge on any atom is 0.0972 e. The maximum atomic E-state index is 5.40. The Morgan fingerprint density at radius 1 is 0.276 bits per heavy atom. The van der Waals surface area contributed by atoms with Crippen molar-refractivity contribution in [2.45, 2.75) is 0 Å². The van der Waals surface area contributed by atoms with Crippen LogP contribution < -0.4 is 0 Å². The van der Waals surface area contributed by atoms with Crippen LogP contribution in [-0.4, -0.2) is 19.9 Å². The smallest absolute Gasteiger partial charge is 0.0972 e. The standard InChI is InChI=1S/C54H32N4/c1-2-9-37-30-40(20-15-33(37)8-1)47-26-24-41-31-38(23-25-46(41)56-47)39-19-16-34-21-27-48(57-50(34)32-39)51-42-11-3-5-13-44(42)52(45-14-6-4-12-43(45)51)49-28-22-36-18-17-35-10-7-29-55-53(35)54(36)58-49/h1-32H. The Bertz CT molecular complexity index is 3590. The van der Waals surface area contributed by atoms with Gasteiger partial charge in [-0.3, -0.25) is 4.98 Å². The van der Waals surface area contributed by atoms with E-state index in [2.05, 4.69) is 182 Å². The molecule has 0 saturated heterocycles. The molecule has 4 aromatic heterocycles. The average Bonchev–Trinajstić information content (AvgIpc) is 3.29. The molecule has 58 heavy (non-hydrogen) atoms. The minimum absolute atomic E-state index is 0.910. The minimum atomic E-state index is 0.910. The van der Waals surface area contributed by atoms with Gasteiger partial charge in [0.2, 0.25) is 0 Å². The van der Waals surface area contributed by atoms with E-state index in [0.29, 0.717) is 0 Å². The second kappa shape index (κ2) is 12.9. The van der Waals surface area contributed by atoms with Gasteiger partial charge in [0.05, 0.1) is 39.1 Å². The summed E-state index contributed by atoms with van der Waals surface area (Å²) in [6.45, 7) is 0. The first kappa shape index (κ1) is 32.4. The van der Waals surface area contributed by atoms with Crippen molar-refractivity contribution in [2.75, 3.05) is 0 Å². The van der Waals surface area contributed by atoms with Crippen molar-refractivity contribution in [2.24, 2.45) is 0 Å². The number of nitrogens with zero attached hydrogens (tertiary/aromatic N) is 4. The van der Waals surface area contributed by atoms with Crippen LogP contribution in [0.3, 0.4) is 0 Å². The number of rotatable bonds is 4. The fourth-order valence-electron chi connectivity index (χ4n) is 8.79. The number of aromatic nitrogens is 4. The summed E-state index contributed by atoms with van der Waals surface area (Å²) in [6, 6.07) is 66.7. The molecule has 0 unspecified atom stereocenters. The highest BCUT2D eigenvalue weighted by Gasteiger charge is 2.19. The maximum absolute atomic E-state index is 5.40. The highest BCUT2D eigenvalue weighted by Crippen LogP contribution is 2.43. The van der Waals surface area contributed by atoms with Crippen LogP contribution in [-0.2, 0) is 0 Å². The highest BCUT2D eigenvalue weighted by molar-refractivity contribution is 6.21. The number of benzene rings is 8. The predicted octanol–water partition coefficient (Wildman–Crippen LogP) is 14.0. The first-order valence-corrected chi connectivity index (χ1v) is 19.6. The van der Waals surface area contributed by atoms with E-state index in [1.165, 1.54) is 10.8 Å². The van der Waals surface area contributed by atoms with Crippen molar-refractivity contribution >= 4 is 75.9 Å². The molecule has 8 aromatic carbocycles. The van der Waals surface area contributed by atoms with E-state index in [1.54, 1.807) is 0 Å². The summed E-state index contributed by atoms with van der Waals surface area (Å²) in [5.74, 6) is 0. The van der Waals surface area contributed by atoms with Gasteiger partial charge in [0, 0.05) is 44.4 Å². The summed E-state index contributed by atoms with van der Waals surface area (Å²) in [7, 11) is 0. The van der Waals surface area contributed by atoms with E-state index >= 15 is 0 Å². The third-order valence-electron chi connectivity index (χ3n) is 11.6. The third kappa shape index (κ3) is 5.23. The molecule has 4 nitrogen and oxygen atoms in total. The van der Waals surface area contributed by atoms with Crippen LogP contribution in [0.4, 0.5) is 0 Å². The Balaban J connectivity index is 0.969. The van der Waals surface area contributed by atoms with E-state index in [0.717, 1.165) is 110 Å². The van der Waals surface area contributed by atoms with Gasteiger partial charge in [0.15, 0.2) is 0 Å². The van der Waals surface area contributed by atoms with Crippen LogP contribution >= 0.6 is 0 Å². The Hall–Kier alpha value is -7.82. The third-order valence-corrected chi connectivity index (χ3v) is 11.6. The molecule has 0 spiro atoms. The van der Waals surface area contributed by atoms with Crippen LogP contribution in [0.25, 0.3) is 121 Å². The van der Waals surface area contributed by atoms with Gasteiger partial charge in [-0.15, -0.1) is 0 Å². The van der Waals surface area contributed by atoms with Gasteiger partial charge >= 0.3 is 0 Å². The highest BCUT2D eigenvalue weighted by atomic mass is 14.8. The van der Waals surface area contributed by atoms with Gasteiger partial charge in [-0.1, -0.05) is 140 Å². The molecule has 0 aliphatic carbocycles. The van der Waals surface area contributed by atoms with Gasteiger partial charge in [-0.2, -0.15) is 0 Å². The van der Waals surface area contributed by atoms with Gasteiger partial charge < -0.3 is 0 Å². The lowest BCUT2D eigenvalue weighted by Gasteiger charge is -2.17. The van der Waals surface area contributed by atoms with Crippen LogP contribution in [0.1, 0.15) is 0 Å². The van der Waals surface area contributed by atoms with Crippen molar-refractivity contribution in [1.29, 1.82) is 0 Å². The molecule has 4 heteroatoms. The summed E-state index contributed by atoms with van der Waals surface area (Å²) in [5.41, 5.74) is 12.2. The molecule has 12 rings (SSSR count). The topological polar surface area (TPSA) is 51.6 Å². The van der Waals surface area contributed by atoms with E-state index in [9.17, 15) is 0 Å². The zero-order chi connectivity index (χ0) is 38.2. The Morgan fingerprint density at radius 3 is 1.55 bits per heavy atom. The molecule has 268 valence electrons. The summed E-state index contributed by atoms with van der Waals surface area (Å²) in [6.07, 6.45) is 1.84. The van der Waals surface area contributed by atoms with Gasteiger partial charge in [0.1, 0.15) is 0 Å². The van der Waals surface area contributed by atoms with Crippen LogP contribution in [0.15, 0.2) is 194 Å². The SMILES string of the molecule is c1ccc2cc(-c3ccc4cc(-c5ccc6ccc(-c7c8ccccc8c(-c8ccc9ccc%10cccnc%10c9n8)c8ccccc78)nc6c5)ccc4n3)ccc2c1. The van der Waals surface area contributed by atoms with E-state index in [4.69, 9.17) is 19.9 Å². The molecule has 0 radical (unpaired) electrons. The number of fused-ring (bicyclic) bond motifs is 8. The fourth-order valence-corrected chi connectivity index (χ4v) is 8.79. The minimum Gasteiger partial charge on any atom is -0.254 e. The van der Waals surface area contributed by atoms with Gasteiger partial charge in [0.25, 0.3) is 0 Å². The zero-order valence-electron chi connectivity index (χ0n) is 31.3. The summed E-state index contributed by atoms with van der Waals surface area (Å²) >= 11 is 0. The molecule has 0 amide bonds. The van der Waals surface area contributed by atoms with Crippen LogP contribution in [0, 0.1) is 0 Å². The molecule has 0 aliphatic rings. The molecule has 12 aromatic rings. The first-order chi connectivity index (χ1) is 28.7. The Morgan fingerprint density at radius 2 is 0.776 bits per heavy atom. The molecule has 4 heterocycles. The van der Waals surface area contributed by atoms with E-state index in [1.807, 2.05) is 12.3 Å². The fraction of sp³-hybridized carbons (Fsp3) is 0. The summed E-state index contributed by atoms with van der Waals surface area (Å²) in [5, 5.41) is 11.4.